The molecule has 0 aliphatic heterocycles. The van der Waals surface area contributed by atoms with Crippen LogP contribution in [0.1, 0.15) is 48.5 Å². The summed E-state index contributed by atoms with van der Waals surface area (Å²) >= 11 is 0. The van der Waals surface area contributed by atoms with Gasteiger partial charge in [-0.25, -0.2) is 0 Å². The van der Waals surface area contributed by atoms with Crippen LogP contribution < -0.4 is 0 Å². The molecule has 0 bridgehead atoms. The van der Waals surface area contributed by atoms with E-state index >= 15 is 0 Å². The van der Waals surface area contributed by atoms with E-state index in [1.165, 1.54) is 0 Å². The topological polar surface area (TPSA) is 66.4 Å². The quantitative estimate of drug-likeness (QED) is 0.489. The predicted molar refractivity (Wildman–Crippen MR) is 94.4 cm³/mol. The second kappa shape index (κ2) is 14.0. The average Bonchev–Trinajstić information content (AvgIpc) is 2.53. The van der Waals surface area contributed by atoms with Gasteiger partial charge in [-0.15, -0.1) is 0 Å². The number of aliphatic hydroxyl groups is 1. The van der Waals surface area contributed by atoms with E-state index in [0.29, 0.717) is 26.4 Å². The summed E-state index contributed by atoms with van der Waals surface area (Å²) in [5.41, 5.74) is 0. The lowest BCUT2D eigenvalue weighted by Crippen LogP contribution is -2.29. The molecule has 5 atom stereocenters. The standard InChI is InChI=1S/C18H38O6/c1-13(2)24-18(7)12-23-17(6)11-22-16(5)10-21-15(4)9-20-14(3)8-19/h13-19H,8-12H2,1-7H3. The van der Waals surface area contributed by atoms with E-state index in [-0.39, 0.29) is 43.2 Å². The summed E-state index contributed by atoms with van der Waals surface area (Å²) in [7, 11) is 0. The minimum absolute atomic E-state index is 0.0109. The Labute approximate surface area is 147 Å². The molecule has 0 saturated carbocycles. The monoisotopic (exact) mass is 350 g/mol. The van der Waals surface area contributed by atoms with Crippen molar-refractivity contribution >= 4 is 0 Å². The maximum absolute atomic E-state index is 8.90. The molecule has 1 N–H and O–H groups in total. The molecule has 5 unspecified atom stereocenters. The van der Waals surface area contributed by atoms with E-state index in [1.807, 2.05) is 48.5 Å². The van der Waals surface area contributed by atoms with Crippen LogP contribution in [0.4, 0.5) is 0 Å². The molecule has 0 saturated heterocycles. The molecule has 24 heavy (non-hydrogen) atoms. The first kappa shape index (κ1) is 23.8. The zero-order chi connectivity index (χ0) is 18.5. The van der Waals surface area contributed by atoms with Crippen LogP contribution in [0.3, 0.4) is 0 Å². The summed E-state index contributed by atoms with van der Waals surface area (Å²) in [5, 5.41) is 8.90. The smallest absolute Gasteiger partial charge is 0.0784 e. The fourth-order valence-corrected chi connectivity index (χ4v) is 1.90. The lowest BCUT2D eigenvalue weighted by Gasteiger charge is -2.22. The molecule has 0 aliphatic rings. The zero-order valence-corrected chi connectivity index (χ0v) is 16.5. The highest BCUT2D eigenvalue weighted by molar-refractivity contribution is 4.57. The van der Waals surface area contributed by atoms with Crippen molar-refractivity contribution in [1.82, 2.24) is 0 Å². The van der Waals surface area contributed by atoms with Gasteiger partial charge in [0, 0.05) is 0 Å². The summed E-state index contributed by atoms with van der Waals surface area (Å²) < 4.78 is 28.2. The molecule has 0 fully saturated rings. The van der Waals surface area contributed by atoms with Gasteiger partial charge in [0.05, 0.1) is 69.7 Å². The van der Waals surface area contributed by atoms with Crippen LogP contribution in [0.2, 0.25) is 0 Å². The molecule has 0 radical (unpaired) electrons. The molecule has 0 aromatic carbocycles. The number of hydrogen-bond donors (Lipinski definition) is 1. The summed E-state index contributed by atoms with van der Waals surface area (Å²) in [6, 6.07) is 0. The molecule has 6 heteroatoms. The van der Waals surface area contributed by atoms with Crippen molar-refractivity contribution in [3.05, 3.63) is 0 Å². The number of hydrogen-bond acceptors (Lipinski definition) is 6. The van der Waals surface area contributed by atoms with E-state index in [0.717, 1.165) is 0 Å². The summed E-state index contributed by atoms with van der Waals surface area (Å²) in [4.78, 5) is 0. The maximum atomic E-state index is 8.90. The van der Waals surface area contributed by atoms with Crippen LogP contribution in [0.5, 0.6) is 0 Å². The molecule has 0 aromatic heterocycles. The molecule has 146 valence electrons. The molecular weight excluding hydrogens is 312 g/mol. The van der Waals surface area contributed by atoms with Gasteiger partial charge in [0.1, 0.15) is 0 Å². The van der Waals surface area contributed by atoms with Crippen molar-refractivity contribution in [2.24, 2.45) is 0 Å². The molecule has 6 nitrogen and oxygen atoms in total. The third-order valence-electron chi connectivity index (χ3n) is 3.22. The Morgan fingerprint density at radius 2 is 0.875 bits per heavy atom. The van der Waals surface area contributed by atoms with E-state index in [4.69, 9.17) is 28.8 Å². The molecule has 0 aliphatic carbocycles. The lowest BCUT2D eigenvalue weighted by molar-refractivity contribution is -0.101. The van der Waals surface area contributed by atoms with Gasteiger partial charge in [0.25, 0.3) is 0 Å². The van der Waals surface area contributed by atoms with Crippen molar-refractivity contribution in [3.63, 3.8) is 0 Å². The molecular formula is C18H38O6. The van der Waals surface area contributed by atoms with E-state index in [1.54, 1.807) is 0 Å². The predicted octanol–water partition coefficient (Wildman–Crippen LogP) is 2.41. The summed E-state index contributed by atoms with van der Waals surface area (Å²) in [6.45, 7) is 15.8. The second-order valence-electron chi connectivity index (χ2n) is 6.75. The number of rotatable bonds is 15. The van der Waals surface area contributed by atoms with Crippen molar-refractivity contribution in [1.29, 1.82) is 0 Å². The fraction of sp³-hybridized carbons (Fsp3) is 1.00. The van der Waals surface area contributed by atoms with Gasteiger partial charge >= 0.3 is 0 Å². The lowest BCUT2D eigenvalue weighted by atomic mass is 10.3. The van der Waals surface area contributed by atoms with Crippen molar-refractivity contribution in [2.45, 2.75) is 85.1 Å². The highest BCUT2D eigenvalue weighted by Crippen LogP contribution is 2.04. The second-order valence-corrected chi connectivity index (χ2v) is 6.75. The largest absolute Gasteiger partial charge is 0.394 e. The van der Waals surface area contributed by atoms with Crippen LogP contribution in [0.15, 0.2) is 0 Å². The SMILES string of the molecule is CC(C)OC(C)COC(C)COC(C)COC(C)COC(C)CO. The third kappa shape index (κ3) is 14.1. The Morgan fingerprint density at radius 3 is 1.21 bits per heavy atom. The Bertz CT molecular complexity index is 287. The van der Waals surface area contributed by atoms with Crippen LogP contribution in [-0.4, -0.2) is 74.8 Å². The van der Waals surface area contributed by atoms with Crippen LogP contribution >= 0.6 is 0 Å². The normalized spacial score (nSPS) is 18.4. The van der Waals surface area contributed by atoms with E-state index in [2.05, 4.69) is 0 Å². The van der Waals surface area contributed by atoms with Crippen LogP contribution in [0, 0.1) is 0 Å². The number of ether oxygens (including phenoxy) is 5. The van der Waals surface area contributed by atoms with Crippen LogP contribution in [-0.2, 0) is 23.7 Å². The van der Waals surface area contributed by atoms with Gasteiger partial charge in [0.15, 0.2) is 0 Å². The van der Waals surface area contributed by atoms with Gasteiger partial charge in [-0.1, -0.05) is 0 Å². The number of aliphatic hydroxyl groups excluding tert-OH is 1. The highest BCUT2D eigenvalue weighted by Gasteiger charge is 2.12. The highest BCUT2D eigenvalue weighted by atomic mass is 16.6. The van der Waals surface area contributed by atoms with Gasteiger partial charge < -0.3 is 28.8 Å². The molecule has 0 aromatic rings. The first-order valence-electron chi connectivity index (χ1n) is 8.97. The Balaban J connectivity index is 3.71. The van der Waals surface area contributed by atoms with Gasteiger partial charge in [0.2, 0.25) is 0 Å². The minimum atomic E-state index is -0.162. The van der Waals surface area contributed by atoms with Crippen LogP contribution in [0.25, 0.3) is 0 Å². The Morgan fingerprint density at radius 1 is 0.542 bits per heavy atom. The first-order chi connectivity index (χ1) is 11.2. The maximum Gasteiger partial charge on any atom is 0.0784 e. The van der Waals surface area contributed by atoms with Crippen molar-refractivity contribution < 1.29 is 28.8 Å². The molecule has 0 heterocycles. The molecule has 0 rings (SSSR count). The van der Waals surface area contributed by atoms with Gasteiger partial charge in [-0.3, -0.25) is 0 Å². The van der Waals surface area contributed by atoms with E-state index in [9.17, 15) is 0 Å². The van der Waals surface area contributed by atoms with Gasteiger partial charge in [-0.05, 0) is 48.5 Å². The van der Waals surface area contributed by atoms with Crippen molar-refractivity contribution in [3.8, 4) is 0 Å². The average molecular weight is 350 g/mol. The summed E-state index contributed by atoms with van der Waals surface area (Å²) in [5.74, 6) is 0. The Hall–Kier alpha value is -0.240. The van der Waals surface area contributed by atoms with E-state index < -0.39 is 0 Å². The van der Waals surface area contributed by atoms with Gasteiger partial charge in [-0.2, -0.15) is 0 Å². The first-order valence-corrected chi connectivity index (χ1v) is 8.97. The van der Waals surface area contributed by atoms with Crippen molar-refractivity contribution in [2.75, 3.05) is 33.0 Å². The summed E-state index contributed by atoms with van der Waals surface area (Å²) in [6.07, 6.45) is 0.0847. The Kier molecular flexibility index (Phi) is 13.8. The molecule has 0 amide bonds. The minimum Gasteiger partial charge on any atom is -0.394 e. The zero-order valence-electron chi connectivity index (χ0n) is 16.5. The third-order valence-corrected chi connectivity index (χ3v) is 3.22. The molecule has 0 spiro atoms. The fourth-order valence-electron chi connectivity index (χ4n) is 1.90.